The fourth-order valence-corrected chi connectivity index (χ4v) is 3.62. The Bertz CT molecular complexity index is 1120. The molecule has 0 fully saturated rings. The van der Waals surface area contributed by atoms with Gasteiger partial charge in [-0.2, -0.15) is 0 Å². The maximum absolute atomic E-state index is 13.5. The maximum atomic E-state index is 13.5. The highest BCUT2D eigenvalue weighted by molar-refractivity contribution is 6.10. The van der Waals surface area contributed by atoms with Crippen LogP contribution < -0.4 is 5.32 Å². The highest BCUT2D eigenvalue weighted by Crippen LogP contribution is 2.25. The molecule has 0 unspecified atom stereocenters. The van der Waals surface area contributed by atoms with Gasteiger partial charge in [0, 0.05) is 29.2 Å². The Hall–Kier alpha value is -3.24. The fourth-order valence-electron chi connectivity index (χ4n) is 3.62. The molecule has 0 bridgehead atoms. The second kappa shape index (κ2) is 8.41. The predicted molar refractivity (Wildman–Crippen MR) is 115 cm³/mol. The number of nitrogens with one attached hydrogen (secondary N) is 2. The van der Waals surface area contributed by atoms with Crippen LogP contribution in [0.4, 0.5) is 4.39 Å². The van der Waals surface area contributed by atoms with Crippen LogP contribution in [0.15, 0.2) is 79.0 Å². The van der Waals surface area contributed by atoms with Gasteiger partial charge in [-0.05, 0) is 48.2 Å². The maximum Gasteiger partial charge on any atom is 0.186 e. The van der Waals surface area contributed by atoms with Crippen LogP contribution in [0.25, 0.3) is 10.9 Å². The topological polar surface area (TPSA) is 44.9 Å². The van der Waals surface area contributed by atoms with E-state index in [-0.39, 0.29) is 11.6 Å². The summed E-state index contributed by atoms with van der Waals surface area (Å²) in [6.45, 7) is 2.64. The molecule has 0 saturated heterocycles. The summed E-state index contributed by atoms with van der Waals surface area (Å²) in [7, 11) is 0. The van der Waals surface area contributed by atoms with Gasteiger partial charge in [-0.15, -0.1) is 0 Å². The molecule has 1 aromatic heterocycles. The van der Waals surface area contributed by atoms with Crippen LogP contribution in [0, 0.1) is 12.7 Å². The zero-order valence-electron chi connectivity index (χ0n) is 16.3. The molecule has 1 heterocycles. The van der Waals surface area contributed by atoms with Crippen LogP contribution in [0.5, 0.6) is 0 Å². The van der Waals surface area contributed by atoms with Gasteiger partial charge in [-0.25, -0.2) is 4.39 Å². The smallest absolute Gasteiger partial charge is 0.186 e. The lowest BCUT2D eigenvalue weighted by molar-refractivity contribution is 0.0945. The molecule has 1 atom stereocenters. The summed E-state index contributed by atoms with van der Waals surface area (Å²) < 4.78 is 13.1. The zero-order chi connectivity index (χ0) is 20.2. The van der Waals surface area contributed by atoms with Gasteiger partial charge in [-0.3, -0.25) is 4.79 Å². The molecule has 4 aromatic rings. The average Bonchev–Trinajstić information content (AvgIpc) is 3.16. The number of aromatic nitrogens is 1. The third-order valence-electron chi connectivity index (χ3n) is 5.17. The van der Waals surface area contributed by atoms with Crippen LogP contribution in [0.1, 0.15) is 33.1 Å². The van der Waals surface area contributed by atoms with Crippen molar-refractivity contribution in [1.29, 1.82) is 0 Å². The Labute approximate surface area is 169 Å². The minimum Gasteiger partial charge on any atom is -0.360 e. The van der Waals surface area contributed by atoms with E-state index in [0.29, 0.717) is 18.5 Å². The van der Waals surface area contributed by atoms with Crippen molar-refractivity contribution in [2.45, 2.75) is 19.4 Å². The first-order valence-corrected chi connectivity index (χ1v) is 9.76. The molecule has 29 heavy (non-hydrogen) atoms. The number of H-pyrrole nitrogens is 1. The number of hydrogen-bond acceptors (Lipinski definition) is 2. The lowest BCUT2D eigenvalue weighted by Crippen LogP contribution is -2.30. The Morgan fingerprint density at radius 2 is 1.79 bits per heavy atom. The minimum atomic E-state index is -0.447. The van der Waals surface area contributed by atoms with Gasteiger partial charge in [0.2, 0.25) is 0 Å². The van der Waals surface area contributed by atoms with E-state index >= 15 is 0 Å². The van der Waals surface area contributed by atoms with Gasteiger partial charge < -0.3 is 10.3 Å². The highest BCUT2D eigenvalue weighted by atomic mass is 19.1. The number of aryl methyl sites for hydroxylation is 1. The molecule has 0 aliphatic carbocycles. The van der Waals surface area contributed by atoms with Crippen molar-refractivity contribution in [3.8, 4) is 0 Å². The quantitative estimate of drug-likeness (QED) is 0.419. The van der Waals surface area contributed by atoms with Crippen molar-refractivity contribution in [1.82, 2.24) is 10.3 Å². The van der Waals surface area contributed by atoms with Crippen molar-refractivity contribution < 1.29 is 9.18 Å². The molecule has 0 aliphatic heterocycles. The Morgan fingerprint density at radius 3 is 2.55 bits per heavy atom. The fraction of sp³-hybridized carbons (Fsp3) is 0.160. The molecule has 3 aromatic carbocycles. The Kier molecular flexibility index (Phi) is 5.54. The molecule has 146 valence electrons. The third kappa shape index (κ3) is 4.28. The number of hydrogen-bond donors (Lipinski definition) is 2. The molecular formula is C25H23FN2O. The number of benzene rings is 3. The molecular weight excluding hydrogens is 363 g/mol. The standard InChI is InChI=1S/C25H23FN2O/c1-17-7-12-21-22(16-28-23(21)15-17)25(29)24(19-5-3-2-4-6-19)27-14-13-18-8-10-20(26)11-9-18/h2-12,15-16,24,27-28H,13-14H2,1H3/t24-/m1/s1. The molecule has 0 aliphatic rings. The van der Waals surface area contributed by atoms with Crippen LogP contribution in [0.3, 0.4) is 0 Å². The number of carbonyl (C=O) groups is 1. The van der Waals surface area contributed by atoms with E-state index in [1.165, 1.54) is 12.1 Å². The number of aromatic amines is 1. The first-order valence-electron chi connectivity index (χ1n) is 9.76. The van der Waals surface area contributed by atoms with Crippen molar-refractivity contribution in [3.63, 3.8) is 0 Å². The second-order valence-electron chi connectivity index (χ2n) is 7.29. The first kappa shape index (κ1) is 19.1. The third-order valence-corrected chi connectivity index (χ3v) is 5.17. The summed E-state index contributed by atoms with van der Waals surface area (Å²) in [6.07, 6.45) is 2.51. The monoisotopic (exact) mass is 386 g/mol. The summed E-state index contributed by atoms with van der Waals surface area (Å²) in [5, 5.41) is 4.34. The van der Waals surface area contributed by atoms with Crippen molar-refractivity contribution in [2.75, 3.05) is 6.54 Å². The van der Waals surface area contributed by atoms with Crippen LogP contribution in [0.2, 0.25) is 0 Å². The van der Waals surface area contributed by atoms with E-state index < -0.39 is 6.04 Å². The van der Waals surface area contributed by atoms with Crippen molar-refractivity contribution in [3.05, 3.63) is 107 Å². The summed E-state index contributed by atoms with van der Waals surface area (Å²) in [4.78, 5) is 16.7. The predicted octanol–water partition coefficient (Wildman–Crippen LogP) is 5.37. The number of fused-ring (bicyclic) bond motifs is 1. The van der Waals surface area contributed by atoms with Crippen LogP contribution in [-0.4, -0.2) is 17.3 Å². The van der Waals surface area contributed by atoms with Gasteiger partial charge in [0.15, 0.2) is 5.78 Å². The normalized spacial score (nSPS) is 12.2. The Balaban J connectivity index is 1.58. The molecule has 0 radical (unpaired) electrons. The second-order valence-corrected chi connectivity index (χ2v) is 7.29. The SMILES string of the molecule is Cc1ccc2c(C(=O)[C@H](NCCc3ccc(F)cc3)c3ccccc3)c[nH]c2c1. The summed E-state index contributed by atoms with van der Waals surface area (Å²) in [5.74, 6) is -0.209. The number of ketones is 1. The minimum absolute atomic E-state index is 0.0328. The molecule has 2 N–H and O–H groups in total. The van der Waals surface area contributed by atoms with Crippen LogP contribution >= 0.6 is 0 Å². The van der Waals surface area contributed by atoms with E-state index in [4.69, 9.17) is 0 Å². The van der Waals surface area contributed by atoms with Gasteiger partial charge in [0.25, 0.3) is 0 Å². The van der Waals surface area contributed by atoms with Gasteiger partial charge >= 0.3 is 0 Å². The number of halogens is 1. The molecule has 3 nitrogen and oxygen atoms in total. The van der Waals surface area contributed by atoms with Crippen molar-refractivity contribution >= 4 is 16.7 Å². The van der Waals surface area contributed by atoms with E-state index in [2.05, 4.69) is 10.3 Å². The molecule has 0 spiro atoms. The molecule has 4 rings (SSSR count). The number of carbonyl (C=O) groups excluding carboxylic acids is 1. The zero-order valence-corrected chi connectivity index (χ0v) is 16.3. The van der Waals surface area contributed by atoms with Crippen molar-refractivity contribution in [2.24, 2.45) is 0 Å². The molecule has 0 saturated carbocycles. The summed E-state index contributed by atoms with van der Waals surface area (Å²) >= 11 is 0. The number of Topliss-reactive ketones (excluding diaryl/α,β-unsaturated/α-hetero) is 1. The van der Waals surface area contributed by atoms with Gasteiger partial charge in [0.05, 0.1) is 6.04 Å². The van der Waals surface area contributed by atoms with Gasteiger partial charge in [0.1, 0.15) is 5.82 Å². The average molecular weight is 386 g/mol. The Morgan fingerprint density at radius 1 is 1.03 bits per heavy atom. The lowest BCUT2D eigenvalue weighted by Gasteiger charge is -2.18. The largest absolute Gasteiger partial charge is 0.360 e. The van der Waals surface area contributed by atoms with E-state index in [0.717, 1.165) is 27.6 Å². The summed E-state index contributed by atoms with van der Waals surface area (Å²) in [5.41, 5.74) is 4.75. The van der Waals surface area contributed by atoms with Gasteiger partial charge in [-0.1, -0.05) is 54.6 Å². The molecule has 4 heteroatoms. The van der Waals surface area contributed by atoms with E-state index in [1.807, 2.05) is 55.5 Å². The highest BCUT2D eigenvalue weighted by Gasteiger charge is 2.23. The molecule has 0 amide bonds. The number of rotatable bonds is 7. The lowest BCUT2D eigenvalue weighted by atomic mass is 9.96. The first-order chi connectivity index (χ1) is 14.1. The van der Waals surface area contributed by atoms with E-state index in [9.17, 15) is 9.18 Å². The van der Waals surface area contributed by atoms with Crippen LogP contribution in [-0.2, 0) is 6.42 Å². The van der Waals surface area contributed by atoms with E-state index in [1.54, 1.807) is 18.3 Å². The summed E-state index contributed by atoms with van der Waals surface area (Å²) in [6, 6.07) is 21.8.